The molecule has 0 saturated carbocycles. The van der Waals surface area contributed by atoms with Crippen molar-refractivity contribution in [2.75, 3.05) is 55.4 Å². The molecule has 1 saturated heterocycles. The second kappa shape index (κ2) is 7.87. The van der Waals surface area contributed by atoms with Crippen molar-refractivity contribution in [1.82, 2.24) is 4.90 Å². The maximum absolute atomic E-state index is 12.5. The highest BCUT2D eigenvalue weighted by Crippen LogP contribution is 2.27. The predicted molar refractivity (Wildman–Crippen MR) is 110 cm³/mol. The summed E-state index contributed by atoms with van der Waals surface area (Å²) in [5, 5.41) is 3.76. The molecule has 0 bridgehead atoms. The van der Waals surface area contributed by atoms with Gasteiger partial charge in [-0.2, -0.15) is 0 Å². The van der Waals surface area contributed by atoms with Crippen molar-refractivity contribution in [2.24, 2.45) is 0 Å². The molecule has 1 N–H and O–H groups in total. The molecule has 6 heteroatoms. The van der Waals surface area contributed by atoms with Crippen LogP contribution in [-0.4, -0.2) is 51.2 Å². The number of anilines is 3. The number of rotatable bonds is 3. The van der Waals surface area contributed by atoms with E-state index in [1.807, 2.05) is 67.2 Å². The van der Waals surface area contributed by atoms with Gasteiger partial charge in [-0.05, 0) is 48.9 Å². The van der Waals surface area contributed by atoms with Crippen molar-refractivity contribution < 1.29 is 4.79 Å². The van der Waals surface area contributed by atoms with Gasteiger partial charge in [0.2, 0.25) is 0 Å². The topological polar surface area (TPSA) is 38.8 Å². The van der Waals surface area contributed by atoms with Crippen molar-refractivity contribution >= 4 is 34.7 Å². The Hall–Kier alpha value is -2.40. The van der Waals surface area contributed by atoms with Crippen molar-refractivity contribution in [1.29, 1.82) is 0 Å². The average Bonchev–Trinajstić information content (AvgIpc) is 2.64. The van der Waals surface area contributed by atoms with Crippen LogP contribution in [0.25, 0.3) is 0 Å². The van der Waals surface area contributed by atoms with E-state index < -0.39 is 0 Å². The van der Waals surface area contributed by atoms with Gasteiger partial charge in [-0.15, -0.1) is 0 Å². The molecule has 138 valence electrons. The van der Waals surface area contributed by atoms with E-state index in [-0.39, 0.29) is 6.03 Å². The molecule has 1 fully saturated rings. The maximum Gasteiger partial charge on any atom is 0.321 e. The lowest BCUT2D eigenvalue weighted by Gasteiger charge is -2.36. The molecule has 1 aliphatic rings. The fourth-order valence-electron chi connectivity index (χ4n) is 3.13. The number of nitrogens with one attached hydrogen (secondary N) is 1. The van der Waals surface area contributed by atoms with Gasteiger partial charge in [-0.25, -0.2) is 4.79 Å². The van der Waals surface area contributed by atoms with Gasteiger partial charge < -0.3 is 20.0 Å². The van der Waals surface area contributed by atoms with E-state index in [4.69, 9.17) is 11.6 Å². The molecule has 0 aliphatic carbocycles. The Morgan fingerprint density at radius 3 is 2.31 bits per heavy atom. The van der Waals surface area contributed by atoms with Crippen molar-refractivity contribution in [2.45, 2.75) is 6.92 Å². The first-order valence-corrected chi connectivity index (χ1v) is 9.17. The molecule has 0 aromatic heterocycles. The number of halogens is 1. The maximum atomic E-state index is 12.5. The fourth-order valence-corrected chi connectivity index (χ4v) is 3.30. The van der Waals surface area contributed by atoms with Crippen molar-refractivity contribution in [3.05, 3.63) is 53.1 Å². The van der Waals surface area contributed by atoms with Gasteiger partial charge in [0.1, 0.15) is 0 Å². The van der Waals surface area contributed by atoms with Gasteiger partial charge in [0.25, 0.3) is 0 Å². The molecule has 0 spiro atoms. The minimum atomic E-state index is -0.0509. The summed E-state index contributed by atoms with van der Waals surface area (Å²) in [6.07, 6.45) is 0. The van der Waals surface area contributed by atoms with Gasteiger partial charge in [-0.1, -0.05) is 17.7 Å². The fraction of sp³-hybridized carbons (Fsp3) is 0.350. The first-order valence-electron chi connectivity index (χ1n) is 8.79. The van der Waals surface area contributed by atoms with Crippen LogP contribution in [0.2, 0.25) is 5.02 Å². The van der Waals surface area contributed by atoms with Crippen LogP contribution in [0.1, 0.15) is 5.56 Å². The Labute approximate surface area is 160 Å². The Morgan fingerprint density at radius 2 is 1.69 bits per heavy atom. The number of carbonyl (C=O) groups is 1. The third-order valence-electron chi connectivity index (χ3n) is 4.78. The van der Waals surface area contributed by atoms with E-state index in [9.17, 15) is 4.79 Å². The van der Waals surface area contributed by atoms with Crippen molar-refractivity contribution in [3.63, 3.8) is 0 Å². The third-order valence-corrected chi connectivity index (χ3v) is 5.19. The van der Waals surface area contributed by atoms with Gasteiger partial charge >= 0.3 is 6.03 Å². The highest BCUT2D eigenvalue weighted by molar-refractivity contribution is 6.31. The number of piperazine rings is 1. The summed E-state index contributed by atoms with van der Waals surface area (Å²) < 4.78 is 0. The van der Waals surface area contributed by atoms with E-state index in [2.05, 4.69) is 16.3 Å². The number of amides is 2. The molecule has 0 unspecified atom stereocenters. The summed E-state index contributed by atoms with van der Waals surface area (Å²) in [5.41, 5.74) is 4.16. The molecule has 5 nitrogen and oxygen atoms in total. The second-order valence-corrected chi connectivity index (χ2v) is 7.14. The Balaban J connectivity index is 1.57. The number of benzene rings is 2. The smallest absolute Gasteiger partial charge is 0.321 e. The van der Waals surface area contributed by atoms with Crippen LogP contribution in [0.3, 0.4) is 0 Å². The van der Waals surface area contributed by atoms with Crippen LogP contribution in [0.5, 0.6) is 0 Å². The van der Waals surface area contributed by atoms with E-state index in [1.54, 1.807) is 0 Å². The van der Waals surface area contributed by atoms with Crippen LogP contribution in [0, 0.1) is 6.92 Å². The Bertz CT molecular complexity index is 768. The molecule has 2 aromatic carbocycles. The summed E-state index contributed by atoms with van der Waals surface area (Å²) >= 11 is 6.23. The number of hydrogen-bond acceptors (Lipinski definition) is 3. The third kappa shape index (κ3) is 4.05. The monoisotopic (exact) mass is 372 g/mol. The molecule has 0 radical (unpaired) electrons. The first kappa shape index (κ1) is 18.4. The SMILES string of the molecule is Cc1c(Cl)cccc1N1CCN(C(=O)Nc2ccc(N(C)C)cc2)CC1. The first-order chi connectivity index (χ1) is 12.5. The Morgan fingerprint density at radius 1 is 1.04 bits per heavy atom. The zero-order chi connectivity index (χ0) is 18.7. The lowest BCUT2D eigenvalue weighted by atomic mass is 10.1. The zero-order valence-corrected chi connectivity index (χ0v) is 16.3. The van der Waals surface area contributed by atoms with E-state index in [0.717, 1.165) is 40.7 Å². The summed E-state index contributed by atoms with van der Waals surface area (Å²) in [6, 6.07) is 13.8. The zero-order valence-electron chi connectivity index (χ0n) is 15.5. The second-order valence-electron chi connectivity index (χ2n) is 6.73. The van der Waals surface area contributed by atoms with Gasteiger partial charge in [0.15, 0.2) is 0 Å². The lowest BCUT2D eigenvalue weighted by molar-refractivity contribution is 0.208. The number of nitrogens with zero attached hydrogens (tertiary/aromatic N) is 3. The average molecular weight is 373 g/mol. The highest BCUT2D eigenvalue weighted by Gasteiger charge is 2.22. The largest absolute Gasteiger partial charge is 0.378 e. The molecule has 1 aliphatic heterocycles. The van der Waals surface area contributed by atoms with E-state index in [1.165, 1.54) is 0 Å². The lowest BCUT2D eigenvalue weighted by Crippen LogP contribution is -2.50. The molecular weight excluding hydrogens is 348 g/mol. The minimum absolute atomic E-state index is 0.0509. The van der Waals surface area contributed by atoms with Crippen molar-refractivity contribution in [3.8, 4) is 0 Å². The number of urea groups is 1. The summed E-state index contributed by atoms with van der Waals surface area (Å²) in [7, 11) is 3.99. The van der Waals surface area contributed by atoms with Crippen LogP contribution in [0.15, 0.2) is 42.5 Å². The van der Waals surface area contributed by atoms with Gasteiger partial charge in [-0.3, -0.25) is 0 Å². The molecule has 0 atom stereocenters. The molecule has 1 heterocycles. The summed E-state index contributed by atoms with van der Waals surface area (Å²) in [4.78, 5) is 18.7. The number of hydrogen-bond donors (Lipinski definition) is 1. The highest BCUT2D eigenvalue weighted by atomic mass is 35.5. The van der Waals surface area contributed by atoms with Crippen LogP contribution in [-0.2, 0) is 0 Å². The Kier molecular flexibility index (Phi) is 5.57. The quantitative estimate of drug-likeness (QED) is 0.882. The summed E-state index contributed by atoms with van der Waals surface area (Å²) in [5.74, 6) is 0. The molecule has 2 aromatic rings. The van der Waals surface area contributed by atoms with Gasteiger partial charge in [0, 0.05) is 62.4 Å². The predicted octanol–water partition coefficient (Wildman–Crippen LogP) is 4.07. The van der Waals surface area contributed by atoms with Crippen LogP contribution in [0.4, 0.5) is 21.9 Å². The number of carbonyl (C=O) groups excluding carboxylic acids is 1. The molecule has 3 rings (SSSR count). The van der Waals surface area contributed by atoms with Crippen LogP contribution >= 0.6 is 11.6 Å². The van der Waals surface area contributed by atoms with Crippen LogP contribution < -0.4 is 15.1 Å². The molecule has 26 heavy (non-hydrogen) atoms. The summed E-state index contributed by atoms with van der Waals surface area (Å²) in [6.45, 7) is 5.01. The molecule has 2 amide bonds. The normalized spacial score (nSPS) is 14.3. The minimum Gasteiger partial charge on any atom is -0.378 e. The molecular formula is C20H25ClN4O. The van der Waals surface area contributed by atoms with E-state index in [0.29, 0.717) is 13.1 Å². The van der Waals surface area contributed by atoms with E-state index >= 15 is 0 Å². The standard InChI is InChI=1S/C20H25ClN4O/c1-15-18(21)5-4-6-19(15)24-11-13-25(14-12-24)20(26)22-16-7-9-17(10-8-16)23(2)3/h4-10H,11-14H2,1-3H3,(H,22,26). The van der Waals surface area contributed by atoms with Gasteiger partial charge in [0.05, 0.1) is 0 Å².